The number of fused-ring (bicyclic) bond motifs is 3. The lowest BCUT2D eigenvalue weighted by Crippen LogP contribution is -2.33. The fraction of sp³-hybridized carbons (Fsp3) is 0.286. The van der Waals surface area contributed by atoms with Crippen molar-refractivity contribution in [3.05, 3.63) is 76.6 Å². The van der Waals surface area contributed by atoms with Crippen molar-refractivity contribution < 1.29 is 14.2 Å². The van der Waals surface area contributed by atoms with E-state index in [1.807, 2.05) is 42.5 Å². The molecule has 1 spiro atoms. The SMILES string of the molecule is [O-][N+](C1=CCC2(CC1)OCCO2)=C1c2ccccc2-c2ccccc21. The van der Waals surface area contributed by atoms with Crippen molar-refractivity contribution in [2.75, 3.05) is 13.2 Å². The van der Waals surface area contributed by atoms with Crippen molar-refractivity contribution in [3.63, 3.8) is 0 Å². The summed E-state index contributed by atoms with van der Waals surface area (Å²) < 4.78 is 12.6. The summed E-state index contributed by atoms with van der Waals surface area (Å²) in [4.78, 5) is 0. The molecule has 2 aromatic carbocycles. The summed E-state index contributed by atoms with van der Waals surface area (Å²) in [5.41, 5.74) is 5.82. The van der Waals surface area contributed by atoms with Crippen molar-refractivity contribution in [3.8, 4) is 11.1 Å². The molecule has 0 amide bonds. The van der Waals surface area contributed by atoms with Crippen molar-refractivity contribution in [2.45, 2.75) is 25.0 Å². The number of ether oxygens (including phenoxy) is 2. The lowest BCUT2D eigenvalue weighted by atomic mass is 9.97. The topological polar surface area (TPSA) is 44.5 Å². The van der Waals surface area contributed by atoms with Gasteiger partial charge in [0.15, 0.2) is 11.5 Å². The molecule has 2 aromatic rings. The molecule has 0 bridgehead atoms. The molecule has 126 valence electrons. The van der Waals surface area contributed by atoms with Crippen molar-refractivity contribution in [1.29, 1.82) is 0 Å². The van der Waals surface area contributed by atoms with Crippen LogP contribution in [0, 0.1) is 5.21 Å². The molecule has 1 saturated heterocycles. The van der Waals surface area contributed by atoms with Crippen LogP contribution in [-0.2, 0) is 9.47 Å². The Kier molecular flexibility index (Phi) is 3.30. The maximum absolute atomic E-state index is 13.3. The van der Waals surface area contributed by atoms with E-state index < -0.39 is 5.79 Å². The standard InChI is InChI=1S/C21H19NO3/c23-22(15-9-11-21(12-10-15)24-13-14-25-21)20-18-7-3-1-5-16(18)17-6-2-4-8-19(17)20/h1-9H,10-14H2. The number of nitrogens with zero attached hydrogens (tertiary/aromatic N) is 1. The van der Waals surface area contributed by atoms with E-state index in [0.717, 1.165) is 44.8 Å². The summed E-state index contributed by atoms with van der Waals surface area (Å²) >= 11 is 0. The van der Waals surface area contributed by atoms with Gasteiger partial charge in [0.2, 0.25) is 5.71 Å². The Morgan fingerprint density at radius 3 is 1.92 bits per heavy atom. The van der Waals surface area contributed by atoms with Crippen LogP contribution >= 0.6 is 0 Å². The molecule has 2 aliphatic carbocycles. The average molecular weight is 333 g/mol. The number of hydrogen-bond acceptors (Lipinski definition) is 3. The largest absolute Gasteiger partial charge is 0.618 e. The summed E-state index contributed by atoms with van der Waals surface area (Å²) in [6.45, 7) is 1.28. The fourth-order valence-corrected chi connectivity index (χ4v) is 4.10. The van der Waals surface area contributed by atoms with Crippen molar-refractivity contribution >= 4 is 5.71 Å². The first kappa shape index (κ1) is 14.9. The predicted octanol–water partition coefficient (Wildman–Crippen LogP) is 3.83. The van der Waals surface area contributed by atoms with Gasteiger partial charge in [-0.25, -0.2) is 0 Å². The summed E-state index contributed by atoms with van der Waals surface area (Å²) in [5, 5.41) is 13.3. The second-order valence-corrected chi connectivity index (χ2v) is 6.74. The summed E-state index contributed by atoms with van der Waals surface area (Å²) in [6, 6.07) is 16.2. The minimum absolute atomic E-state index is 0.500. The van der Waals surface area contributed by atoms with Gasteiger partial charge in [0.1, 0.15) is 0 Å². The Morgan fingerprint density at radius 2 is 1.40 bits per heavy atom. The molecule has 0 radical (unpaired) electrons. The summed E-state index contributed by atoms with van der Waals surface area (Å²) in [7, 11) is 0. The first-order chi connectivity index (χ1) is 12.3. The van der Waals surface area contributed by atoms with Crippen LogP contribution < -0.4 is 0 Å². The van der Waals surface area contributed by atoms with Crippen LogP contribution in [0.2, 0.25) is 0 Å². The van der Waals surface area contributed by atoms with E-state index in [-0.39, 0.29) is 0 Å². The number of rotatable bonds is 1. The minimum Gasteiger partial charge on any atom is -0.618 e. The van der Waals surface area contributed by atoms with Gasteiger partial charge in [-0.2, -0.15) is 4.74 Å². The molecule has 5 rings (SSSR count). The van der Waals surface area contributed by atoms with Crippen LogP contribution in [0.1, 0.15) is 30.4 Å². The molecular weight excluding hydrogens is 314 g/mol. The van der Waals surface area contributed by atoms with E-state index in [0.29, 0.717) is 26.1 Å². The highest BCUT2D eigenvalue weighted by Gasteiger charge is 2.40. The lowest BCUT2D eigenvalue weighted by molar-refractivity contribution is -0.407. The molecule has 4 nitrogen and oxygen atoms in total. The van der Waals surface area contributed by atoms with Crippen molar-refractivity contribution in [1.82, 2.24) is 0 Å². The Balaban J connectivity index is 1.61. The summed E-state index contributed by atoms with van der Waals surface area (Å²) in [5.74, 6) is -0.500. The van der Waals surface area contributed by atoms with Gasteiger partial charge in [0, 0.05) is 19.3 Å². The van der Waals surface area contributed by atoms with Gasteiger partial charge in [0.05, 0.1) is 24.3 Å². The van der Waals surface area contributed by atoms with Gasteiger partial charge in [-0.05, 0) is 29.3 Å². The van der Waals surface area contributed by atoms with Crippen LogP contribution in [0.4, 0.5) is 0 Å². The maximum atomic E-state index is 13.3. The minimum atomic E-state index is -0.500. The van der Waals surface area contributed by atoms with E-state index >= 15 is 0 Å². The van der Waals surface area contributed by atoms with E-state index in [1.54, 1.807) is 0 Å². The Morgan fingerprint density at radius 1 is 0.840 bits per heavy atom. The number of benzene rings is 2. The highest BCUT2D eigenvalue weighted by molar-refractivity contribution is 6.22. The first-order valence-electron chi connectivity index (χ1n) is 8.78. The second kappa shape index (κ2) is 5.55. The number of hydroxylamine groups is 1. The van der Waals surface area contributed by atoms with Crippen LogP contribution in [0.25, 0.3) is 11.1 Å². The molecule has 1 aliphatic heterocycles. The van der Waals surface area contributed by atoms with Crippen LogP contribution in [0.15, 0.2) is 60.3 Å². The zero-order valence-electron chi connectivity index (χ0n) is 13.9. The molecule has 4 heteroatoms. The molecule has 3 aliphatic rings. The predicted molar refractivity (Wildman–Crippen MR) is 95.3 cm³/mol. The van der Waals surface area contributed by atoms with Gasteiger partial charge in [-0.1, -0.05) is 36.4 Å². The highest BCUT2D eigenvalue weighted by atomic mass is 16.7. The van der Waals surface area contributed by atoms with Gasteiger partial charge in [-0.15, -0.1) is 0 Å². The Hall–Kier alpha value is -2.43. The highest BCUT2D eigenvalue weighted by Crippen LogP contribution is 2.39. The van der Waals surface area contributed by atoms with Crippen molar-refractivity contribution in [2.24, 2.45) is 0 Å². The van der Waals surface area contributed by atoms with Crippen LogP contribution in [0.3, 0.4) is 0 Å². The molecule has 0 unspecified atom stereocenters. The second-order valence-electron chi connectivity index (χ2n) is 6.74. The monoisotopic (exact) mass is 333 g/mol. The molecule has 0 aromatic heterocycles. The van der Waals surface area contributed by atoms with Gasteiger partial charge in [0.25, 0.3) is 0 Å². The van der Waals surface area contributed by atoms with Gasteiger partial charge < -0.3 is 14.7 Å². The number of hydrogen-bond donors (Lipinski definition) is 0. The number of allylic oxidation sites excluding steroid dienone is 1. The third kappa shape index (κ3) is 2.25. The Labute approximate surface area is 146 Å². The average Bonchev–Trinajstić information content (AvgIpc) is 3.24. The van der Waals surface area contributed by atoms with Crippen LogP contribution in [0.5, 0.6) is 0 Å². The molecule has 0 atom stereocenters. The zero-order chi connectivity index (χ0) is 16.9. The lowest BCUT2D eigenvalue weighted by Gasteiger charge is -2.29. The molecule has 1 heterocycles. The third-order valence-corrected chi connectivity index (χ3v) is 5.34. The summed E-state index contributed by atoms with van der Waals surface area (Å²) in [6.07, 6.45) is 4.02. The zero-order valence-corrected chi connectivity index (χ0v) is 13.9. The third-order valence-electron chi connectivity index (χ3n) is 5.34. The van der Waals surface area contributed by atoms with E-state index in [1.165, 1.54) is 0 Å². The van der Waals surface area contributed by atoms with E-state index in [4.69, 9.17) is 9.47 Å². The molecule has 1 fully saturated rings. The Bertz CT molecular complexity index is 859. The molecule has 0 saturated carbocycles. The normalized spacial score (nSPS) is 20.3. The van der Waals surface area contributed by atoms with Gasteiger partial charge in [-0.3, -0.25) is 0 Å². The molecular formula is C21H19NO3. The smallest absolute Gasteiger partial charge is 0.232 e. The van der Waals surface area contributed by atoms with E-state index in [9.17, 15) is 5.21 Å². The quantitative estimate of drug-likeness (QED) is 0.386. The fourth-order valence-electron chi connectivity index (χ4n) is 4.10. The van der Waals surface area contributed by atoms with E-state index in [2.05, 4.69) is 12.1 Å². The van der Waals surface area contributed by atoms with Crippen LogP contribution in [-0.4, -0.2) is 29.5 Å². The first-order valence-corrected chi connectivity index (χ1v) is 8.78. The molecule has 25 heavy (non-hydrogen) atoms. The molecule has 0 N–H and O–H groups in total. The van der Waals surface area contributed by atoms with Gasteiger partial charge >= 0.3 is 0 Å². The maximum Gasteiger partial charge on any atom is 0.232 e.